The van der Waals surface area contributed by atoms with Crippen molar-refractivity contribution >= 4 is 33.2 Å². The highest BCUT2D eigenvalue weighted by Crippen LogP contribution is 2.32. The third-order valence-electron chi connectivity index (χ3n) is 5.02. The van der Waals surface area contributed by atoms with Gasteiger partial charge in [0.05, 0.1) is 24.1 Å². The van der Waals surface area contributed by atoms with Crippen LogP contribution in [0.5, 0.6) is 0 Å². The number of alkyl halides is 3. The van der Waals surface area contributed by atoms with Crippen LogP contribution in [0, 0.1) is 0 Å². The van der Waals surface area contributed by atoms with Crippen LogP contribution in [0.15, 0.2) is 72.8 Å². The van der Waals surface area contributed by atoms with Crippen molar-refractivity contribution in [3.8, 4) is 0 Å². The van der Waals surface area contributed by atoms with Crippen LogP contribution in [0.2, 0.25) is 5.02 Å². The average Bonchev–Trinajstić information content (AvgIpc) is 2.78. The van der Waals surface area contributed by atoms with Crippen molar-refractivity contribution in [2.75, 3.05) is 17.1 Å². The van der Waals surface area contributed by atoms with Crippen molar-refractivity contribution in [3.05, 3.63) is 100 Å². The molecule has 180 valence electrons. The van der Waals surface area contributed by atoms with Gasteiger partial charge in [0.15, 0.2) is 0 Å². The number of benzene rings is 3. The first-order valence-corrected chi connectivity index (χ1v) is 12.4. The lowest BCUT2D eigenvalue weighted by atomic mass is 10.1. The number of carbonyl (C=O) groups is 1. The van der Waals surface area contributed by atoms with Crippen LogP contribution >= 0.6 is 11.6 Å². The zero-order chi connectivity index (χ0) is 24.9. The molecule has 0 saturated heterocycles. The summed E-state index contributed by atoms with van der Waals surface area (Å²) >= 11 is 5.85. The van der Waals surface area contributed by atoms with E-state index in [4.69, 9.17) is 11.6 Å². The third-order valence-corrected chi connectivity index (χ3v) is 6.41. The van der Waals surface area contributed by atoms with E-state index in [1.165, 1.54) is 6.07 Å². The summed E-state index contributed by atoms with van der Waals surface area (Å²) in [5, 5.41) is 3.44. The zero-order valence-electron chi connectivity index (χ0n) is 18.1. The van der Waals surface area contributed by atoms with Gasteiger partial charge in [-0.1, -0.05) is 41.9 Å². The molecule has 0 bridgehead atoms. The number of amides is 1. The molecule has 0 aromatic heterocycles. The standard InChI is InChI=1S/C24H22ClF3N2O3S/c1-34(32,33)30(22-4-2-3-20(15-22)24(26,27)28)16-18-5-9-19(10-6-18)23(31)29-14-13-17-7-11-21(25)12-8-17/h2-12,15H,13-14,16H2,1H3,(H,29,31). The molecule has 0 atom stereocenters. The maximum absolute atomic E-state index is 13.1. The van der Waals surface area contributed by atoms with Crippen LogP contribution in [0.25, 0.3) is 0 Å². The van der Waals surface area contributed by atoms with E-state index in [1.807, 2.05) is 12.1 Å². The highest BCUT2D eigenvalue weighted by Gasteiger charge is 2.31. The molecule has 0 radical (unpaired) electrons. The lowest BCUT2D eigenvalue weighted by Crippen LogP contribution is -2.29. The van der Waals surface area contributed by atoms with Crippen molar-refractivity contribution in [3.63, 3.8) is 0 Å². The summed E-state index contributed by atoms with van der Waals surface area (Å²) in [6.45, 7) is 0.234. The van der Waals surface area contributed by atoms with E-state index in [0.717, 1.165) is 34.3 Å². The fourth-order valence-corrected chi connectivity index (χ4v) is 4.24. The first-order chi connectivity index (χ1) is 15.9. The Morgan fingerprint density at radius 1 is 0.971 bits per heavy atom. The van der Waals surface area contributed by atoms with Gasteiger partial charge < -0.3 is 5.32 Å². The van der Waals surface area contributed by atoms with Gasteiger partial charge in [-0.2, -0.15) is 13.2 Å². The number of halogens is 4. The molecule has 0 fully saturated rings. The summed E-state index contributed by atoms with van der Waals surface area (Å²) in [5.41, 5.74) is 0.881. The van der Waals surface area contributed by atoms with Gasteiger partial charge in [-0.25, -0.2) is 8.42 Å². The predicted molar refractivity (Wildman–Crippen MR) is 126 cm³/mol. The lowest BCUT2D eigenvalue weighted by molar-refractivity contribution is -0.137. The quantitative estimate of drug-likeness (QED) is 0.447. The van der Waals surface area contributed by atoms with Crippen LogP contribution in [-0.2, 0) is 29.2 Å². The Balaban J connectivity index is 1.67. The van der Waals surface area contributed by atoms with E-state index in [1.54, 1.807) is 36.4 Å². The van der Waals surface area contributed by atoms with Crippen molar-refractivity contribution in [1.82, 2.24) is 5.32 Å². The first kappa shape index (κ1) is 25.6. The minimum Gasteiger partial charge on any atom is -0.352 e. The van der Waals surface area contributed by atoms with E-state index in [-0.39, 0.29) is 18.1 Å². The number of anilines is 1. The van der Waals surface area contributed by atoms with Crippen LogP contribution < -0.4 is 9.62 Å². The summed E-state index contributed by atoms with van der Waals surface area (Å²) in [6, 6.07) is 17.7. The minimum absolute atomic E-state index is 0.0960. The lowest BCUT2D eigenvalue weighted by Gasteiger charge is -2.23. The largest absolute Gasteiger partial charge is 0.416 e. The third kappa shape index (κ3) is 6.98. The van der Waals surface area contributed by atoms with Gasteiger partial charge in [0.1, 0.15) is 0 Å². The summed E-state index contributed by atoms with van der Waals surface area (Å²) in [5.74, 6) is -0.293. The fourth-order valence-electron chi connectivity index (χ4n) is 3.24. The normalized spacial score (nSPS) is 11.8. The molecule has 0 aliphatic heterocycles. The van der Waals surface area contributed by atoms with Crippen molar-refractivity contribution in [1.29, 1.82) is 0 Å². The van der Waals surface area contributed by atoms with Crippen LogP contribution in [-0.4, -0.2) is 27.1 Å². The number of nitrogens with zero attached hydrogens (tertiary/aromatic N) is 1. The van der Waals surface area contributed by atoms with Crippen molar-refractivity contribution in [2.45, 2.75) is 19.1 Å². The molecule has 34 heavy (non-hydrogen) atoms. The Bertz CT molecular complexity index is 1250. The molecule has 0 saturated carbocycles. The number of nitrogens with one attached hydrogen (secondary N) is 1. The smallest absolute Gasteiger partial charge is 0.352 e. The van der Waals surface area contributed by atoms with Gasteiger partial charge in [-0.3, -0.25) is 9.10 Å². The Kier molecular flexibility index (Phi) is 7.89. The van der Waals surface area contributed by atoms with Gasteiger partial charge in [-0.15, -0.1) is 0 Å². The molecule has 5 nitrogen and oxygen atoms in total. The Labute approximate surface area is 201 Å². The van der Waals surface area contributed by atoms with Gasteiger partial charge in [-0.05, 0) is 60.0 Å². The number of sulfonamides is 1. The molecule has 0 aliphatic rings. The Morgan fingerprint density at radius 3 is 2.18 bits per heavy atom. The fraction of sp³-hybridized carbons (Fsp3) is 0.208. The van der Waals surface area contributed by atoms with Gasteiger partial charge in [0.2, 0.25) is 10.0 Å². The molecular weight excluding hydrogens is 489 g/mol. The first-order valence-electron chi connectivity index (χ1n) is 10.2. The van der Waals surface area contributed by atoms with Crippen molar-refractivity contribution in [2.24, 2.45) is 0 Å². The van der Waals surface area contributed by atoms with Gasteiger partial charge in [0, 0.05) is 17.1 Å². The molecule has 10 heteroatoms. The van der Waals surface area contributed by atoms with Crippen LogP contribution in [0.1, 0.15) is 27.0 Å². The van der Waals surface area contributed by atoms with Gasteiger partial charge >= 0.3 is 6.18 Å². The number of hydrogen-bond donors (Lipinski definition) is 1. The summed E-state index contributed by atoms with van der Waals surface area (Å²) < 4.78 is 64.7. The van der Waals surface area contributed by atoms with Crippen LogP contribution in [0.3, 0.4) is 0 Å². The summed E-state index contributed by atoms with van der Waals surface area (Å²) in [4.78, 5) is 12.4. The average molecular weight is 511 g/mol. The van der Waals surface area contributed by atoms with E-state index in [2.05, 4.69) is 5.32 Å². The number of hydrogen-bond acceptors (Lipinski definition) is 3. The second-order valence-electron chi connectivity index (χ2n) is 7.65. The number of carbonyl (C=O) groups excluding carboxylic acids is 1. The second kappa shape index (κ2) is 10.5. The maximum Gasteiger partial charge on any atom is 0.416 e. The predicted octanol–water partition coefficient (Wildman–Crippen LogP) is 5.30. The summed E-state index contributed by atoms with van der Waals surface area (Å²) in [6.07, 6.45) is -3.04. The molecule has 3 rings (SSSR count). The minimum atomic E-state index is -4.60. The number of rotatable bonds is 8. The Hall–Kier alpha value is -3.04. The molecule has 0 spiro atoms. The topological polar surface area (TPSA) is 66.5 Å². The van der Waals surface area contributed by atoms with E-state index in [0.29, 0.717) is 29.1 Å². The molecule has 3 aromatic rings. The highest BCUT2D eigenvalue weighted by atomic mass is 35.5. The van der Waals surface area contributed by atoms with E-state index >= 15 is 0 Å². The molecule has 0 aliphatic carbocycles. The Morgan fingerprint density at radius 2 is 1.59 bits per heavy atom. The second-order valence-corrected chi connectivity index (χ2v) is 9.99. The summed E-state index contributed by atoms with van der Waals surface area (Å²) in [7, 11) is -3.87. The molecular formula is C24H22ClF3N2O3S. The zero-order valence-corrected chi connectivity index (χ0v) is 19.7. The van der Waals surface area contributed by atoms with Crippen LogP contribution in [0.4, 0.5) is 18.9 Å². The van der Waals surface area contributed by atoms with Crippen molar-refractivity contribution < 1.29 is 26.4 Å². The monoisotopic (exact) mass is 510 g/mol. The molecule has 3 aromatic carbocycles. The highest BCUT2D eigenvalue weighted by molar-refractivity contribution is 7.92. The molecule has 0 heterocycles. The van der Waals surface area contributed by atoms with E-state index in [9.17, 15) is 26.4 Å². The van der Waals surface area contributed by atoms with E-state index < -0.39 is 21.8 Å². The molecule has 1 amide bonds. The van der Waals surface area contributed by atoms with Gasteiger partial charge in [0.25, 0.3) is 5.91 Å². The molecule has 0 unspecified atom stereocenters. The SMILES string of the molecule is CS(=O)(=O)N(Cc1ccc(C(=O)NCCc2ccc(Cl)cc2)cc1)c1cccc(C(F)(F)F)c1. The molecule has 1 N–H and O–H groups in total. The maximum atomic E-state index is 13.1.